The number of nitrogens with two attached hydrogens (primary N) is 4. The van der Waals surface area contributed by atoms with Crippen LogP contribution in [-0.2, 0) is 4.74 Å². The number of rotatable bonds is 12. The maximum atomic E-state index is 6.42. The average Bonchev–Trinajstić information content (AvgIpc) is 2.42. The van der Waals surface area contributed by atoms with E-state index < -0.39 is 0 Å². The highest BCUT2D eigenvalue weighted by Gasteiger charge is 2.42. The molecule has 5 nitrogen and oxygen atoms in total. The molecule has 0 fully saturated rings. The monoisotopic (exact) mass is 358 g/mol. The molecule has 0 saturated heterocycles. The third kappa shape index (κ3) is 6.47. The quantitative estimate of drug-likeness (QED) is 0.428. The molecule has 8 N–H and O–H groups in total. The predicted octanol–water partition coefficient (Wildman–Crippen LogP) is 2.46. The Morgan fingerprint density at radius 3 is 1.12 bits per heavy atom. The lowest BCUT2D eigenvalue weighted by atomic mass is 9.65. The van der Waals surface area contributed by atoms with Crippen LogP contribution in [0.1, 0.15) is 68.2 Å². The third-order valence-corrected chi connectivity index (χ3v) is 7.03. The van der Waals surface area contributed by atoms with Crippen molar-refractivity contribution in [2.24, 2.45) is 45.6 Å². The van der Waals surface area contributed by atoms with Gasteiger partial charge in [-0.25, -0.2) is 0 Å². The fourth-order valence-electron chi connectivity index (χ4n) is 3.11. The van der Waals surface area contributed by atoms with Crippen LogP contribution < -0.4 is 22.9 Å². The summed E-state index contributed by atoms with van der Waals surface area (Å²) >= 11 is 0. The molecule has 25 heavy (non-hydrogen) atoms. The van der Waals surface area contributed by atoms with Crippen LogP contribution >= 0.6 is 0 Å². The molecule has 0 aliphatic heterocycles. The highest BCUT2D eigenvalue weighted by molar-refractivity contribution is 4.96. The highest BCUT2D eigenvalue weighted by atomic mass is 16.5. The molecule has 152 valence electrons. The zero-order chi connectivity index (χ0) is 20.1. The Balaban J connectivity index is 5.05. The number of hydrogen-bond donors (Lipinski definition) is 4. The molecule has 0 aromatic rings. The van der Waals surface area contributed by atoms with Gasteiger partial charge in [0.1, 0.15) is 0 Å². The fraction of sp³-hybridized carbons (Fsp3) is 1.00. The van der Waals surface area contributed by atoms with Crippen molar-refractivity contribution in [3.63, 3.8) is 0 Å². The third-order valence-electron chi connectivity index (χ3n) is 7.03. The van der Waals surface area contributed by atoms with E-state index in [2.05, 4.69) is 55.4 Å². The maximum Gasteiger partial charge on any atom is 0.0500 e. The molecule has 0 radical (unpaired) electrons. The standard InChI is InChI=1S/C20H46N4O/c1-17(2,19(5,6)23)15(9-11-21)13-25-14-16(10-12-22)18(3,4)20(7,8)24/h15-16H,9-14,21-24H2,1-8H3. The second-order valence-electron chi connectivity index (χ2n) is 9.97. The van der Waals surface area contributed by atoms with E-state index in [4.69, 9.17) is 27.7 Å². The van der Waals surface area contributed by atoms with Crippen LogP contribution in [0.2, 0.25) is 0 Å². The zero-order valence-electron chi connectivity index (χ0n) is 18.1. The Morgan fingerprint density at radius 1 is 0.640 bits per heavy atom. The Hall–Kier alpha value is -0.200. The van der Waals surface area contributed by atoms with Crippen LogP contribution in [0.4, 0.5) is 0 Å². The molecule has 0 aromatic carbocycles. The molecule has 0 bridgehead atoms. The molecule has 2 unspecified atom stereocenters. The lowest BCUT2D eigenvalue weighted by Crippen LogP contribution is -2.54. The maximum absolute atomic E-state index is 6.42. The van der Waals surface area contributed by atoms with Gasteiger partial charge in [0.05, 0.1) is 13.2 Å². The van der Waals surface area contributed by atoms with E-state index >= 15 is 0 Å². The summed E-state index contributed by atoms with van der Waals surface area (Å²) < 4.78 is 6.20. The summed E-state index contributed by atoms with van der Waals surface area (Å²) in [6, 6.07) is 0. The summed E-state index contributed by atoms with van der Waals surface area (Å²) in [5.41, 5.74) is 23.8. The van der Waals surface area contributed by atoms with Crippen molar-refractivity contribution in [3.05, 3.63) is 0 Å². The molecule has 0 spiro atoms. The minimum Gasteiger partial charge on any atom is -0.381 e. The van der Waals surface area contributed by atoms with Gasteiger partial charge in [0.25, 0.3) is 0 Å². The van der Waals surface area contributed by atoms with Crippen LogP contribution in [0.5, 0.6) is 0 Å². The van der Waals surface area contributed by atoms with Crippen LogP contribution in [0.15, 0.2) is 0 Å². The molecule has 0 aliphatic rings. The highest BCUT2D eigenvalue weighted by Crippen LogP contribution is 2.40. The average molecular weight is 359 g/mol. The Kier molecular flexibility index (Phi) is 9.06. The van der Waals surface area contributed by atoms with Gasteiger partial charge in [0.15, 0.2) is 0 Å². The van der Waals surface area contributed by atoms with Crippen molar-refractivity contribution >= 4 is 0 Å². The van der Waals surface area contributed by atoms with E-state index in [-0.39, 0.29) is 21.9 Å². The smallest absolute Gasteiger partial charge is 0.0500 e. The molecule has 0 amide bonds. The number of hydrogen-bond acceptors (Lipinski definition) is 5. The van der Waals surface area contributed by atoms with Gasteiger partial charge < -0.3 is 27.7 Å². The van der Waals surface area contributed by atoms with Crippen LogP contribution in [0.25, 0.3) is 0 Å². The van der Waals surface area contributed by atoms with Gasteiger partial charge in [-0.15, -0.1) is 0 Å². The van der Waals surface area contributed by atoms with Crippen LogP contribution in [-0.4, -0.2) is 37.4 Å². The van der Waals surface area contributed by atoms with E-state index in [9.17, 15) is 0 Å². The van der Waals surface area contributed by atoms with Crippen LogP contribution in [0.3, 0.4) is 0 Å². The van der Waals surface area contributed by atoms with Gasteiger partial charge in [-0.2, -0.15) is 0 Å². The van der Waals surface area contributed by atoms with E-state index in [1.807, 2.05) is 0 Å². The molecule has 0 heterocycles. The molecule has 0 rings (SSSR count). The van der Waals surface area contributed by atoms with Crippen molar-refractivity contribution < 1.29 is 4.74 Å². The van der Waals surface area contributed by atoms with Gasteiger partial charge in [0.2, 0.25) is 0 Å². The van der Waals surface area contributed by atoms with Crippen molar-refractivity contribution in [3.8, 4) is 0 Å². The van der Waals surface area contributed by atoms with E-state index in [0.29, 0.717) is 38.1 Å². The first kappa shape index (κ1) is 24.8. The Morgan fingerprint density at radius 2 is 0.920 bits per heavy atom. The van der Waals surface area contributed by atoms with Crippen molar-refractivity contribution in [2.75, 3.05) is 26.3 Å². The Labute approximate surface area is 156 Å². The van der Waals surface area contributed by atoms with E-state index in [0.717, 1.165) is 12.8 Å². The molecular formula is C20H46N4O. The van der Waals surface area contributed by atoms with Gasteiger partial charge in [-0.05, 0) is 76.3 Å². The second kappa shape index (κ2) is 9.14. The van der Waals surface area contributed by atoms with Crippen LogP contribution in [0, 0.1) is 22.7 Å². The Bertz CT molecular complexity index is 344. The first-order valence-corrected chi connectivity index (χ1v) is 9.68. The van der Waals surface area contributed by atoms with Crippen molar-refractivity contribution in [1.29, 1.82) is 0 Å². The minimum atomic E-state index is -0.300. The van der Waals surface area contributed by atoms with Crippen molar-refractivity contribution in [2.45, 2.75) is 79.3 Å². The normalized spacial score (nSPS) is 16.8. The van der Waals surface area contributed by atoms with Gasteiger partial charge >= 0.3 is 0 Å². The lowest BCUT2D eigenvalue weighted by Gasteiger charge is -2.46. The fourth-order valence-corrected chi connectivity index (χ4v) is 3.11. The van der Waals surface area contributed by atoms with Gasteiger partial charge in [-0.1, -0.05) is 27.7 Å². The summed E-state index contributed by atoms with van der Waals surface area (Å²) in [5, 5.41) is 0. The summed E-state index contributed by atoms with van der Waals surface area (Å²) in [5.74, 6) is 0.620. The van der Waals surface area contributed by atoms with E-state index in [1.54, 1.807) is 0 Å². The summed E-state index contributed by atoms with van der Waals surface area (Å²) in [6.07, 6.45) is 1.81. The molecule has 5 heteroatoms. The second-order valence-corrected chi connectivity index (χ2v) is 9.97. The molecule has 0 saturated carbocycles. The zero-order valence-corrected chi connectivity index (χ0v) is 18.1. The summed E-state index contributed by atoms with van der Waals surface area (Å²) in [4.78, 5) is 0. The van der Waals surface area contributed by atoms with Gasteiger partial charge in [-0.3, -0.25) is 0 Å². The first-order chi connectivity index (χ1) is 11.1. The predicted molar refractivity (Wildman–Crippen MR) is 109 cm³/mol. The summed E-state index contributed by atoms with van der Waals surface area (Å²) in [7, 11) is 0. The molecule has 0 aromatic heterocycles. The summed E-state index contributed by atoms with van der Waals surface area (Å²) in [6.45, 7) is 19.7. The van der Waals surface area contributed by atoms with Crippen molar-refractivity contribution in [1.82, 2.24) is 0 Å². The number of ether oxygens (including phenoxy) is 1. The SMILES string of the molecule is CC(C)(N)C(C)(C)C(CCN)COCC(CCN)C(C)(C)C(C)(C)N. The largest absolute Gasteiger partial charge is 0.381 e. The molecular weight excluding hydrogens is 312 g/mol. The van der Waals surface area contributed by atoms with E-state index in [1.165, 1.54) is 0 Å². The van der Waals surface area contributed by atoms with Gasteiger partial charge in [0, 0.05) is 11.1 Å². The lowest BCUT2D eigenvalue weighted by molar-refractivity contribution is -0.0290. The minimum absolute atomic E-state index is 0.0710. The topological polar surface area (TPSA) is 113 Å². The first-order valence-electron chi connectivity index (χ1n) is 9.68. The molecule has 0 aliphatic carbocycles. The molecule has 2 atom stereocenters.